The minimum Gasteiger partial charge on any atom is -0.395 e. The SMILES string of the molecule is C[C@H](CO)N(C)Cc1ccc(Cl)c(F)c1. The summed E-state index contributed by atoms with van der Waals surface area (Å²) >= 11 is 5.58. The standard InChI is InChI=1S/C11H15ClFNO/c1-8(7-15)14(2)6-9-3-4-10(12)11(13)5-9/h3-5,8,15H,6-7H2,1-2H3/t8-/m1/s1. The topological polar surface area (TPSA) is 23.5 Å². The molecule has 0 amide bonds. The molecule has 2 nitrogen and oxygen atoms in total. The van der Waals surface area contributed by atoms with Crippen molar-refractivity contribution in [3.63, 3.8) is 0 Å². The zero-order valence-electron chi connectivity index (χ0n) is 8.87. The predicted molar refractivity (Wildman–Crippen MR) is 59.4 cm³/mol. The molecule has 0 unspecified atom stereocenters. The number of aliphatic hydroxyl groups excluding tert-OH is 1. The summed E-state index contributed by atoms with van der Waals surface area (Å²) in [5.41, 5.74) is 0.847. The predicted octanol–water partition coefficient (Wildman–Crippen LogP) is 2.29. The Morgan fingerprint density at radius 2 is 2.20 bits per heavy atom. The molecule has 1 aromatic rings. The maximum absolute atomic E-state index is 13.1. The second kappa shape index (κ2) is 5.45. The van der Waals surface area contributed by atoms with E-state index in [0.717, 1.165) is 5.56 Å². The van der Waals surface area contributed by atoms with E-state index >= 15 is 0 Å². The monoisotopic (exact) mass is 231 g/mol. The van der Waals surface area contributed by atoms with Gasteiger partial charge >= 0.3 is 0 Å². The van der Waals surface area contributed by atoms with Crippen LogP contribution >= 0.6 is 11.6 Å². The van der Waals surface area contributed by atoms with Crippen molar-refractivity contribution in [2.24, 2.45) is 0 Å². The van der Waals surface area contributed by atoms with Crippen LogP contribution in [0.25, 0.3) is 0 Å². The van der Waals surface area contributed by atoms with Crippen molar-refractivity contribution >= 4 is 11.6 Å². The number of halogens is 2. The third-order valence-corrected chi connectivity index (χ3v) is 2.74. The maximum Gasteiger partial charge on any atom is 0.142 e. The molecule has 0 aliphatic carbocycles. The third-order valence-electron chi connectivity index (χ3n) is 2.43. The van der Waals surface area contributed by atoms with Gasteiger partial charge < -0.3 is 5.11 Å². The Bertz CT molecular complexity index is 332. The fourth-order valence-electron chi connectivity index (χ4n) is 1.22. The first-order valence-corrected chi connectivity index (χ1v) is 5.17. The molecule has 0 spiro atoms. The summed E-state index contributed by atoms with van der Waals surface area (Å²) in [6.07, 6.45) is 0. The van der Waals surface area contributed by atoms with Crippen molar-refractivity contribution in [2.45, 2.75) is 19.5 Å². The van der Waals surface area contributed by atoms with Crippen LogP contribution in [0.5, 0.6) is 0 Å². The second-order valence-corrected chi connectivity index (χ2v) is 4.10. The number of benzene rings is 1. The maximum atomic E-state index is 13.1. The second-order valence-electron chi connectivity index (χ2n) is 3.70. The first-order chi connectivity index (χ1) is 7.04. The van der Waals surface area contributed by atoms with Gasteiger partial charge in [0.25, 0.3) is 0 Å². The van der Waals surface area contributed by atoms with Crippen LogP contribution in [0.3, 0.4) is 0 Å². The van der Waals surface area contributed by atoms with Gasteiger partial charge in [-0.2, -0.15) is 0 Å². The molecule has 0 aliphatic rings. The largest absolute Gasteiger partial charge is 0.395 e. The quantitative estimate of drug-likeness (QED) is 0.860. The van der Waals surface area contributed by atoms with Gasteiger partial charge in [-0.15, -0.1) is 0 Å². The van der Waals surface area contributed by atoms with Gasteiger partial charge in [-0.25, -0.2) is 4.39 Å². The summed E-state index contributed by atoms with van der Waals surface area (Å²) in [7, 11) is 1.88. The molecule has 1 N–H and O–H groups in total. The molecule has 0 heterocycles. The average Bonchev–Trinajstić information content (AvgIpc) is 2.22. The molecular formula is C11H15ClFNO. The highest BCUT2D eigenvalue weighted by molar-refractivity contribution is 6.30. The van der Waals surface area contributed by atoms with E-state index in [4.69, 9.17) is 16.7 Å². The van der Waals surface area contributed by atoms with Crippen LogP contribution in [0.15, 0.2) is 18.2 Å². The van der Waals surface area contributed by atoms with Gasteiger partial charge in [0, 0.05) is 12.6 Å². The smallest absolute Gasteiger partial charge is 0.142 e. The van der Waals surface area contributed by atoms with Gasteiger partial charge in [0.1, 0.15) is 5.82 Å². The number of hydrogen-bond acceptors (Lipinski definition) is 2. The molecule has 1 rings (SSSR count). The number of hydrogen-bond donors (Lipinski definition) is 1. The molecule has 0 bridgehead atoms. The van der Waals surface area contributed by atoms with E-state index in [2.05, 4.69) is 0 Å². The van der Waals surface area contributed by atoms with Crippen LogP contribution in [0, 0.1) is 5.82 Å². The third kappa shape index (κ3) is 3.45. The lowest BCUT2D eigenvalue weighted by Gasteiger charge is -2.22. The van der Waals surface area contributed by atoms with Crippen LogP contribution in [0.2, 0.25) is 5.02 Å². The number of nitrogens with zero attached hydrogens (tertiary/aromatic N) is 1. The first kappa shape index (κ1) is 12.4. The molecule has 0 saturated carbocycles. The van der Waals surface area contributed by atoms with Gasteiger partial charge in [-0.1, -0.05) is 17.7 Å². The summed E-state index contributed by atoms with van der Waals surface area (Å²) in [4.78, 5) is 1.95. The van der Waals surface area contributed by atoms with Crippen molar-refractivity contribution in [1.82, 2.24) is 4.90 Å². The van der Waals surface area contributed by atoms with Crippen molar-refractivity contribution in [3.05, 3.63) is 34.6 Å². The number of rotatable bonds is 4. The number of likely N-dealkylation sites (N-methyl/N-ethyl adjacent to an activating group) is 1. The van der Waals surface area contributed by atoms with Crippen LogP contribution < -0.4 is 0 Å². The van der Waals surface area contributed by atoms with E-state index in [-0.39, 0.29) is 17.7 Å². The Hall–Kier alpha value is -0.640. The average molecular weight is 232 g/mol. The van der Waals surface area contributed by atoms with Crippen LogP contribution in [-0.2, 0) is 6.54 Å². The van der Waals surface area contributed by atoms with Gasteiger partial charge in [-0.3, -0.25) is 4.90 Å². The number of aliphatic hydroxyl groups is 1. The van der Waals surface area contributed by atoms with E-state index in [0.29, 0.717) is 6.54 Å². The summed E-state index contributed by atoms with van der Waals surface area (Å²) in [5, 5.41) is 9.08. The molecule has 1 atom stereocenters. The van der Waals surface area contributed by atoms with Crippen molar-refractivity contribution < 1.29 is 9.50 Å². The van der Waals surface area contributed by atoms with Gasteiger partial charge in [-0.05, 0) is 31.7 Å². The minimum atomic E-state index is -0.404. The highest BCUT2D eigenvalue weighted by atomic mass is 35.5. The zero-order valence-corrected chi connectivity index (χ0v) is 9.63. The molecule has 84 valence electrons. The normalized spacial score (nSPS) is 13.2. The summed E-state index contributed by atoms with van der Waals surface area (Å²) in [6, 6.07) is 4.81. The molecule has 0 fully saturated rings. The van der Waals surface area contributed by atoms with E-state index in [1.807, 2.05) is 18.9 Å². The van der Waals surface area contributed by atoms with Gasteiger partial charge in [0.05, 0.1) is 11.6 Å². The first-order valence-electron chi connectivity index (χ1n) is 4.79. The van der Waals surface area contributed by atoms with E-state index < -0.39 is 5.82 Å². The van der Waals surface area contributed by atoms with Crippen molar-refractivity contribution in [1.29, 1.82) is 0 Å². The molecule has 4 heteroatoms. The van der Waals surface area contributed by atoms with E-state index in [9.17, 15) is 4.39 Å². The molecule has 0 saturated heterocycles. The van der Waals surface area contributed by atoms with Crippen LogP contribution in [0.1, 0.15) is 12.5 Å². The fraction of sp³-hybridized carbons (Fsp3) is 0.455. The Labute approximate surface area is 94.3 Å². The summed E-state index contributed by atoms with van der Waals surface area (Å²) in [6.45, 7) is 2.59. The lowest BCUT2D eigenvalue weighted by atomic mass is 10.2. The Balaban J connectivity index is 2.68. The van der Waals surface area contributed by atoms with Gasteiger partial charge in [0.15, 0.2) is 0 Å². The van der Waals surface area contributed by atoms with Gasteiger partial charge in [0.2, 0.25) is 0 Å². The van der Waals surface area contributed by atoms with E-state index in [1.54, 1.807) is 12.1 Å². The van der Waals surface area contributed by atoms with Crippen LogP contribution in [-0.4, -0.2) is 29.7 Å². The van der Waals surface area contributed by atoms with Crippen molar-refractivity contribution in [2.75, 3.05) is 13.7 Å². The summed E-state index contributed by atoms with van der Waals surface area (Å²) in [5.74, 6) is -0.404. The highest BCUT2D eigenvalue weighted by Gasteiger charge is 2.09. The lowest BCUT2D eigenvalue weighted by molar-refractivity contribution is 0.154. The molecular weight excluding hydrogens is 217 g/mol. The van der Waals surface area contributed by atoms with Crippen LogP contribution in [0.4, 0.5) is 4.39 Å². The lowest BCUT2D eigenvalue weighted by Crippen LogP contribution is -2.31. The molecule has 0 aromatic heterocycles. The molecule has 0 aliphatic heterocycles. The minimum absolute atomic E-state index is 0.0590. The summed E-state index contributed by atoms with van der Waals surface area (Å²) < 4.78 is 13.1. The molecule has 0 radical (unpaired) electrons. The molecule has 15 heavy (non-hydrogen) atoms. The molecule has 1 aromatic carbocycles. The highest BCUT2D eigenvalue weighted by Crippen LogP contribution is 2.16. The Morgan fingerprint density at radius 3 is 2.73 bits per heavy atom. The van der Waals surface area contributed by atoms with E-state index in [1.165, 1.54) is 6.07 Å². The Kier molecular flexibility index (Phi) is 4.51. The van der Waals surface area contributed by atoms with Crippen molar-refractivity contribution in [3.8, 4) is 0 Å². The zero-order chi connectivity index (χ0) is 11.4. The Morgan fingerprint density at radius 1 is 1.53 bits per heavy atom. The fourth-order valence-corrected chi connectivity index (χ4v) is 1.34.